The van der Waals surface area contributed by atoms with E-state index in [2.05, 4.69) is 15.9 Å². The van der Waals surface area contributed by atoms with Crippen LogP contribution in [0.5, 0.6) is 0 Å². The maximum atomic E-state index is 14.3. The highest BCUT2D eigenvalue weighted by molar-refractivity contribution is 9.10. The van der Waals surface area contributed by atoms with Crippen molar-refractivity contribution in [1.29, 1.82) is 0 Å². The Kier molecular flexibility index (Phi) is 4.71. The highest BCUT2D eigenvalue weighted by Crippen LogP contribution is 2.39. The fourth-order valence-corrected chi connectivity index (χ4v) is 2.71. The van der Waals surface area contributed by atoms with E-state index in [4.69, 9.17) is 17.3 Å². The largest absolute Gasteiger partial charge is 0.323 e. The zero-order valence-corrected chi connectivity index (χ0v) is 14.0. The van der Waals surface area contributed by atoms with E-state index in [1.54, 1.807) is 24.3 Å². The van der Waals surface area contributed by atoms with Crippen molar-refractivity contribution in [2.45, 2.75) is 25.3 Å². The summed E-state index contributed by atoms with van der Waals surface area (Å²) in [5.41, 5.74) is 6.84. The molecule has 0 aliphatic carbocycles. The Bertz CT molecular complexity index is 656. The first-order valence-electron chi connectivity index (χ1n) is 6.40. The van der Waals surface area contributed by atoms with Gasteiger partial charge in [-0.3, -0.25) is 0 Å². The SMILES string of the molecule is CC(C)(c1ccc(F)cc1)C(N)c1ccc(Br)c(Cl)c1F. The van der Waals surface area contributed by atoms with Crippen LogP contribution in [0, 0.1) is 11.6 Å². The Hall–Kier alpha value is -0.970. The van der Waals surface area contributed by atoms with Crippen LogP contribution in [0.2, 0.25) is 5.02 Å². The number of hydrogen-bond donors (Lipinski definition) is 1. The van der Waals surface area contributed by atoms with Crippen LogP contribution in [0.15, 0.2) is 40.9 Å². The second-order valence-electron chi connectivity index (χ2n) is 5.47. The van der Waals surface area contributed by atoms with Crippen molar-refractivity contribution in [2.24, 2.45) is 5.73 Å². The first-order chi connectivity index (χ1) is 9.75. The van der Waals surface area contributed by atoms with Crippen molar-refractivity contribution in [1.82, 2.24) is 0 Å². The quantitative estimate of drug-likeness (QED) is 0.719. The van der Waals surface area contributed by atoms with Gasteiger partial charge in [0.2, 0.25) is 0 Å². The van der Waals surface area contributed by atoms with Gasteiger partial charge in [-0.05, 0) is 39.7 Å². The maximum Gasteiger partial charge on any atom is 0.147 e. The van der Waals surface area contributed by atoms with E-state index in [9.17, 15) is 8.78 Å². The predicted molar refractivity (Wildman–Crippen MR) is 85.5 cm³/mol. The van der Waals surface area contributed by atoms with Gasteiger partial charge in [0.15, 0.2) is 0 Å². The number of rotatable bonds is 3. The lowest BCUT2D eigenvalue weighted by atomic mass is 9.75. The van der Waals surface area contributed by atoms with Gasteiger partial charge < -0.3 is 5.73 Å². The fraction of sp³-hybridized carbons (Fsp3) is 0.250. The van der Waals surface area contributed by atoms with Crippen LogP contribution < -0.4 is 5.73 Å². The molecule has 2 rings (SSSR count). The lowest BCUT2D eigenvalue weighted by Gasteiger charge is -2.33. The molecule has 0 saturated heterocycles. The molecule has 0 saturated carbocycles. The Morgan fingerprint density at radius 2 is 1.67 bits per heavy atom. The summed E-state index contributed by atoms with van der Waals surface area (Å²) in [6, 6.07) is 8.72. The van der Waals surface area contributed by atoms with Crippen molar-refractivity contribution < 1.29 is 8.78 Å². The van der Waals surface area contributed by atoms with Crippen molar-refractivity contribution in [2.75, 3.05) is 0 Å². The van der Waals surface area contributed by atoms with Crippen LogP contribution >= 0.6 is 27.5 Å². The molecular formula is C16H15BrClF2N. The van der Waals surface area contributed by atoms with Crippen LogP contribution in [-0.4, -0.2) is 0 Å². The van der Waals surface area contributed by atoms with Crippen LogP contribution in [0.3, 0.4) is 0 Å². The Labute approximate surface area is 136 Å². The monoisotopic (exact) mass is 373 g/mol. The van der Waals surface area contributed by atoms with E-state index >= 15 is 0 Å². The lowest BCUT2D eigenvalue weighted by Crippen LogP contribution is -2.34. The Morgan fingerprint density at radius 1 is 1.10 bits per heavy atom. The molecule has 0 aliphatic rings. The summed E-state index contributed by atoms with van der Waals surface area (Å²) >= 11 is 9.09. The molecular weight excluding hydrogens is 360 g/mol. The number of nitrogens with two attached hydrogens (primary N) is 1. The van der Waals surface area contributed by atoms with Crippen molar-refractivity contribution in [3.05, 3.63) is 68.7 Å². The van der Waals surface area contributed by atoms with Crippen molar-refractivity contribution in [3.8, 4) is 0 Å². The zero-order valence-electron chi connectivity index (χ0n) is 11.6. The minimum atomic E-state index is -0.617. The van der Waals surface area contributed by atoms with Crippen LogP contribution in [-0.2, 0) is 5.41 Å². The fourth-order valence-electron chi connectivity index (χ4n) is 2.23. The molecule has 1 unspecified atom stereocenters. The lowest BCUT2D eigenvalue weighted by molar-refractivity contribution is 0.406. The summed E-state index contributed by atoms with van der Waals surface area (Å²) in [6.45, 7) is 3.78. The Balaban J connectivity index is 2.45. The van der Waals surface area contributed by atoms with E-state index in [0.717, 1.165) is 5.56 Å². The van der Waals surface area contributed by atoms with Crippen LogP contribution in [0.1, 0.15) is 31.0 Å². The predicted octanol–water partition coefficient (Wildman–Crippen LogP) is 5.36. The summed E-state index contributed by atoms with van der Waals surface area (Å²) in [5.74, 6) is -0.852. The van der Waals surface area contributed by atoms with E-state index in [0.29, 0.717) is 10.0 Å². The van der Waals surface area contributed by atoms with Gasteiger partial charge in [-0.15, -0.1) is 0 Å². The summed E-state index contributed by atoms with van der Waals surface area (Å²) < 4.78 is 27.9. The molecule has 2 aromatic carbocycles. The molecule has 0 aliphatic heterocycles. The number of halogens is 4. The van der Waals surface area contributed by atoms with Crippen molar-refractivity contribution >= 4 is 27.5 Å². The molecule has 0 aromatic heterocycles. The summed E-state index contributed by atoms with van der Waals surface area (Å²) in [7, 11) is 0. The molecule has 2 aromatic rings. The molecule has 0 fully saturated rings. The smallest absolute Gasteiger partial charge is 0.147 e. The average molecular weight is 375 g/mol. The second-order valence-corrected chi connectivity index (χ2v) is 6.70. The molecule has 0 spiro atoms. The minimum absolute atomic E-state index is 0.0119. The van der Waals surface area contributed by atoms with Gasteiger partial charge in [0.05, 0.1) is 5.02 Å². The molecule has 1 atom stereocenters. The first kappa shape index (κ1) is 16.4. The highest BCUT2D eigenvalue weighted by Gasteiger charge is 2.32. The molecule has 112 valence electrons. The second kappa shape index (κ2) is 6.03. The molecule has 0 heterocycles. The normalized spacial score (nSPS) is 13.3. The van der Waals surface area contributed by atoms with Gasteiger partial charge in [0.25, 0.3) is 0 Å². The third-order valence-electron chi connectivity index (χ3n) is 3.77. The Morgan fingerprint density at radius 3 is 2.24 bits per heavy atom. The van der Waals surface area contributed by atoms with Gasteiger partial charge in [-0.1, -0.05) is 43.6 Å². The summed E-state index contributed by atoms with van der Waals surface area (Å²) in [4.78, 5) is 0. The van der Waals surface area contributed by atoms with Crippen LogP contribution in [0.25, 0.3) is 0 Å². The van der Waals surface area contributed by atoms with Crippen LogP contribution in [0.4, 0.5) is 8.78 Å². The topological polar surface area (TPSA) is 26.0 Å². The molecule has 0 amide bonds. The van der Waals surface area contributed by atoms with Crippen molar-refractivity contribution in [3.63, 3.8) is 0 Å². The molecule has 21 heavy (non-hydrogen) atoms. The first-order valence-corrected chi connectivity index (χ1v) is 7.57. The molecule has 0 bridgehead atoms. The van der Waals surface area contributed by atoms with E-state index in [1.165, 1.54) is 12.1 Å². The summed E-state index contributed by atoms with van der Waals surface area (Å²) in [5, 5.41) is 0.0119. The number of hydrogen-bond acceptors (Lipinski definition) is 1. The summed E-state index contributed by atoms with van der Waals surface area (Å²) in [6.07, 6.45) is 0. The van der Waals surface area contributed by atoms with Gasteiger partial charge >= 0.3 is 0 Å². The van der Waals surface area contributed by atoms with Gasteiger partial charge in [0.1, 0.15) is 11.6 Å². The third-order valence-corrected chi connectivity index (χ3v) is 5.02. The maximum absolute atomic E-state index is 14.3. The minimum Gasteiger partial charge on any atom is -0.323 e. The van der Waals surface area contributed by atoms with E-state index < -0.39 is 17.3 Å². The molecule has 5 heteroatoms. The zero-order chi connectivity index (χ0) is 15.8. The highest BCUT2D eigenvalue weighted by atomic mass is 79.9. The van der Waals surface area contributed by atoms with Gasteiger partial charge in [-0.25, -0.2) is 8.78 Å². The average Bonchev–Trinajstić information content (AvgIpc) is 2.45. The van der Waals surface area contributed by atoms with E-state index in [1.807, 2.05) is 13.8 Å². The van der Waals surface area contributed by atoms with E-state index in [-0.39, 0.29) is 10.8 Å². The third kappa shape index (κ3) is 3.12. The standard InChI is InChI=1S/C16H15BrClF2N/c1-16(2,9-3-5-10(19)6-4-9)15(21)11-7-8-12(17)13(18)14(11)20/h3-8,15H,21H2,1-2H3. The molecule has 2 N–H and O–H groups in total. The number of benzene rings is 2. The molecule has 0 radical (unpaired) electrons. The molecule has 1 nitrogen and oxygen atoms in total. The van der Waals surface area contributed by atoms with Gasteiger partial charge in [-0.2, -0.15) is 0 Å². The van der Waals surface area contributed by atoms with Gasteiger partial charge in [0, 0.05) is 21.5 Å².